The lowest BCUT2D eigenvalue weighted by Crippen LogP contribution is -1.80. The van der Waals surface area contributed by atoms with Crippen LogP contribution in [-0.4, -0.2) is 16.1 Å². The third-order valence-electron chi connectivity index (χ3n) is 2.07. The van der Waals surface area contributed by atoms with Gasteiger partial charge in [-0.3, -0.25) is 0 Å². The van der Waals surface area contributed by atoms with E-state index in [1.807, 2.05) is 18.0 Å². The molecule has 2 rings (SSSR count). The molecule has 2 aromatic rings. The molecule has 1 heterocycles. The van der Waals surface area contributed by atoms with Crippen molar-refractivity contribution < 1.29 is 0 Å². The van der Waals surface area contributed by atoms with E-state index in [4.69, 9.17) is 0 Å². The number of halogens is 1. The summed E-state index contributed by atoms with van der Waals surface area (Å²) in [5.74, 6) is 1.18. The van der Waals surface area contributed by atoms with E-state index in [1.165, 1.54) is 28.0 Å². The fourth-order valence-corrected chi connectivity index (χ4v) is 2.92. The van der Waals surface area contributed by atoms with Crippen molar-refractivity contribution in [2.45, 2.75) is 11.3 Å². The van der Waals surface area contributed by atoms with Gasteiger partial charge in [0.25, 0.3) is 0 Å². The van der Waals surface area contributed by atoms with Gasteiger partial charge in [-0.15, -0.1) is 11.8 Å². The molecule has 0 amide bonds. The summed E-state index contributed by atoms with van der Waals surface area (Å²) < 4.78 is 0. The number of hydrogen-bond donors (Lipinski definition) is 1. The van der Waals surface area contributed by atoms with E-state index in [9.17, 15) is 0 Å². The van der Waals surface area contributed by atoms with Crippen LogP contribution in [-0.2, 0) is 0 Å². The minimum Gasteiger partial charge on any atom is -0.361 e. The monoisotopic (exact) mass is 269 g/mol. The number of H-pyrrole nitrogens is 1. The SMILES string of the molecule is BrCCCSc1ccc2[nH]ccc2c1. The Morgan fingerprint density at radius 2 is 2.21 bits per heavy atom. The van der Waals surface area contributed by atoms with Gasteiger partial charge < -0.3 is 4.98 Å². The van der Waals surface area contributed by atoms with E-state index in [0.717, 1.165) is 5.33 Å². The average molecular weight is 270 g/mol. The van der Waals surface area contributed by atoms with E-state index >= 15 is 0 Å². The fourth-order valence-electron chi connectivity index (χ4n) is 1.37. The predicted molar refractivity (Wildman–Crippen MR) is 67.4 cm³/mol. The molecule has 0 atom stereocenters. The number of hydrogen-bond acceptors (Lipinski definition) is 1. The zero-order chi connectivity index (χ0) is 9.80. The summed E-state index contributed by atoms with van der Waals surface area (Å²) in [5, 5.41) is 2.39. The van der Waals surface area contributed by atoms with Gasteiger partial charge in [-0.05, 0) is 36.4 Å². The van der Waals surface area contributed by atoms with Crippen LogP contribution < -0.4 is 0 Å². The van der Waals surface area contributed by atoms with Crippen LogP contribution in [0.2, 0.25) is 0 Å². The van der Waals surface area contributed by atoms with E-state index in [0.29, 0.717) is 0 Å². The number of benzene rings is 1. The first-order valence-corrected chi connectivity index (χ1v) is 6.77. The normalized spacial score (nSPS) is 10.9. The van der Waals surface area contributed by atoms with Crippen molar-refractivity contribution in [3.8, 4) is 0 Å². The van der Waals surface area contributed by atoms with Crippen LogP contribution in [0, 0.1) is 0 Å². The van der Waals surface area contributed by atoms with Crippen molar-refractivity contribution in [3.05, 3.63) is 30.5 Å². The van der Waals surface area contributed by atoms with Crippen molar-refractivity contribution in [2.24, 2.45) is 0 Å². The van der Waals surface area contributed by atoms with Crippen molar-refractivity contribution in [1.82, 2.24) is 4.98 Å². The van der Waals surface area contributed by atoms with Crippen LogP contribution >= 0.6 is 27.7 Å². The van der Waals surface area contributed by atoms with Crippen LogP contribution in [0.25, 0.3) is 10.9 Å². The molecule has 74 valence electrons. The molecular weight excluding hydrogens is 258 g/mol. The van der Waals surface area contributed by atoms with Crippen LogP contribution in [0.4, 0.5) is 0 Å². The molecular formula is C11H12BrNS. The summed E-state index contributed by atoms with van der Waals surface area (Å²) in [5.41, 5.74) is 1.22. The minimum atomic E-state index is 1.09. The van der Waals surface area contributed by atoms with Gasteiger partial charge in [0.15, 0.2) is 0 Å². The summed E-state index contributed by atoms with van der Waals surface area (Å²) in [6.07, 6.45) is 3.20. The van der Waals surface area contributed by atoms with Crippen molar-refractivity contribution in [3.63, 3.8) is 0 Å². The van der Waals surface area contributed by atoms with Crippen molar-refractivity contribution in [2.75, 3.05) is 11.1 Å². The molecule has 0 radical (unpaired) electrons. The second-order valence-corrected chi connectivity index (χ2v) is 5.08. The van der Waals surface area contributed by atoms with E-state index in [-0.39, 0.29) is 0 Å². The minimum absolute atomic E-state index is 1.09. The maximum Gasteiger partial charge on any atom is 0.0454 e. The summed E-state index contributed by atoms with van der Waals surface area (Å²) in [7, 11) is 0. The molecule has 0 bridgehead atoms. The number of aromatic amines is 1. The second-order valence-electron chi connectivity index (χ2n) is 3.12. The topological polar surface area (TPSA) is 15.8 Å². The molecule has 0 aliphatic rings. The molecule has 0 saturated carbocycles. The van der Waals surface area contributed by atoms with Crippen LogP contribution in [0.5, 0.6) is 0 Å². The third kappa shape index (κ3) is 2.34. The largest absolute Gasteiger partial charge is 0.361 e. The second kappa shape index (κ2) is 4.89. The Kier molecular flexibility index (Phi) is 3.54. The van der Waals surface area contributed by atoms with Gasteiger partial charge in [0, 0.05) is 27.3 Å². The first-order valence-electron chi connectivity index (χ1n) is 4.66. The van der Waals surface area contributed by atoms with Gasteiger partial charge in [0.05, 0.1) is 0 Å². The third-order valence-corrected chi connectivity index (χ3v) is 3.71. The average Bonchev–Trinajstić information content (AvgIpc) is 2.65. The number of nitrogens with one attached hydrogen (secondary N) is 1. The lowest BCUT2D eigenvalue weighted by atomic mass is 10.2. The zero-order valence-electron chi connectivity index (χ0n) is 7.79. The fraction of sp³-hybridized carbons (Fsp3) is 0.273. The molecule has 3 heteroatoms. The molecule has 1 N–H and O–H groups in total. The molecule has 1 nitrogen and oxygen atoms in total. The summed E-state index contributed by atoms with van der Waals surface area (Å²) >= 11 is 5.36. The van der Waals surface area contributed by atoms with Gasteiger partial charge in [-0.2, -0.15) is 0 Å². The van der Waals surface area contributed by atoms with E-state index < -0.39 is 0 Å². The Labute approximate surface area is 96.4 Å². The lowest BCUT2D eigenvalue weighted by Gasteiger charge is -1.99. The maximum atomic E-state index is 3.44. The van der Waals surface area contributed by atoms with Gasteiger partial charge in [0.1, 0.15) is 0 Å². The van der Waals surface area contributed by atoms with E-state index in [2.05, 4.69) is 45.2 Å². The molecule has 0 aliphatic carbocycles. The molecule has 0 aliphatic heterocycles. The van der Waals surface area contributed by atoms with Gasteiger partial charge in [-0.1, -0.05) is 15.9 Å². The highest BCUT2D eigenvalue weighted by molar-refractivity contribution is 9.09. The van der Waals surface area contributed by atoms with Crippen LogP contribution in [0.1, 0.15) is 6.42 Å². The summed E-state index contributed by atoms with van der Waals surface area (Å²) in [6, 6.07) is 8.68. The first kappa shape index (κ1) is 10.1. The Morgan fingerprint density at radius 3 is 3.07 bits per heavy atom. The summed E-state index contributed by atoms with van der Waals surface area (Å²) in [6.45, 7) is 0. The van der Waals surface area contributed by atoms with Crippen molar-refractivity contribution >= 4 is 38.6 Å². The number of alkyl halides is 1. The Hall–Kier alpha value is -0.410. The Balaban J connectivity index is 2.10. The molecule has 0 fully saturated rings. The first-order chi connectivity index (χ1) is 6.90. The van der Waals surface area contributed by atoms with Gasteiger partial charge in [0.2, 0.25) is 0 Å². The smallest absolute Gasteiger partial charge is 0.0454 e. The van der Waals surface area contributed by atoms with Gasteiger partial charge >= 0.3 is 0 Å². The number of fused-ring (bicyclic) bond motifs is 1. The molecule has 1 aromatic heterocycles. The number of thioether (sulfide) groups is 1. The van der Waals surface area contributed by atoms with Crippen molar-refractivity contribution in [1.29, 1.82) is 0 Å². The van der Waals surface area contributed by atoms with Crippen LogP contribution in [0.3, 0.4) is 0 Å². The summed E-state index contributed by atoms with van der Waals surface area (Å²) in [4.78, 5) is 4.56. The standard InChI is InChI=1S/C11H12BrNS/c12-5-1-7-14-10-2-3-11-9(8-10)4-6-13-11/h2-4,6,8,13H,1,5,7H2. The predicted octanol–water partition coefficient (Wildman–Crippen LogP) is 4.05. The molecule has 0 saturated heterocycles. The highest BCUT2D eigenvalue weighted by Gasteiger charge is 1.97. The maximum absolute atomic E-state index is 3.44. The number of aromatic nitrogens is 1. The molecule has 0 spiro atoms. The van der Waals surface area contributed by atoms with Gasteiger partial charge in [-0.25, -0.2) is 0 Å². The number of rotatable bonds is 4. The Bertz CT molecular complexity index is 410. The lowest BCUT2D eigenvalue weighted by molar-refractivity contribution is 1.13. The quantitative estimate of drug-likeness (QED) is 0.503. The molecule has 14 heavy (non-hydrogen) atoms. The van der Waals surface area contributed by atoms with Crippen LogP contribution in [0.15, 0.2) is 35.4 Å². The Morgan fingerprint density at radius 1 is 1.29 bits per heavy atom. The highest BCUT2D eigenvalue weighted by Crippen LogP contribution is 2.23. The zero-order valence-corrected chi connectivity index (χ0v) is 10.2. The highest BCUT2D eigenvalue weighted by atomic mass is 79.9. The molecule has 1 aromatic carbocycles. The van der Waals surface area contributed by atoms with E-state index in [1.54, 1.807) is 0 Å². The molecule has 0 unspecified atom stereocenters.